The SMILES string of the molecule is CCN1CCC2=NNC(c3cc(Br)cc(Br)c3OC)C2C1. The Morgan fingerprint density at radius 2 is 2.24 bits per heavy atom. The lowest BCUT2D eigenvalue weighted by Crippen LogP contribution is -2.41. The van der Waals surface area contributed by atoms with Crippen LogP contribution in [0.25, 0.3) is 0 Å². The van der Waals surface area contributed by atoms with Crippen molar-refractivity contribution in [2.45, 2.75) is 19.4 Å². The number of likely N-dealkylation sites (tertiary alicyclic amines) is 1. The molecule has 0 radical (unpaired) electrons. The number of nitrogens with zero attached hydrogens (tertiary/aromatic N) is 2. The van der Waals surface area contributed by atoms with Gasteiger partial charge in [0, 0.05) is 41.2 Å². The predicted molar refractivity (Wildman–Crippen MR) is 91.9 cm³/mol. The Labute approximate surface area is 142 Å². The average molecular weight is 417 g/mol. The Kier molecular flexibility index (Phi) is 4.57. The van der Waals surface area contributed by atoms with E-state index in [4.69, 9.17) is 4.74 Å². The van der Waals surface area contributed by atoms with Crippen molar-refractivity contribution in [3.05, 3.63) is 26.6 Å². The third-order valence-corrected chi connectivity index (χ3v) is 5.39. The maximum Gasteiger partial charge on any atom is 0.138 e. The van der Waals surface area contributed by atoms with Crippen molar-refractivity contribution in [1.82, 2.24) is 10.3 Å². The van der Waals surface area contributed by atoms with E-state index in [-0.39, 0.29) is 6.04 Å². The van der Waals surface area contributed by atoms with Crippen LogP contribution in [0.4, 0.5) is 0 Å². The van der Waals surface area contributed by atoms with Gasteiger partial charge in [0.05, 0.1) is 17.6 Å². The average Bonchev–Trinajstić information content (AvgIpc) is 2.89. The number of hydrogen-bond donors (Lipinski definition) is 1. The zero-order valence-corrected chi connectivity index (χ0v) is 15.4. The second-order valence-corrected chi connectivity index (χ2v) is 7.24. The van der Waals surface area contributed by atoms with Crippen LogP contribution in [-0.4, -0.2) is 37.4 Å². The van der Waals surface area contributed by atoms with Crippen LogP contribution in [0.1, 0.15) is 24.9 Å². The molecule has 2 unspecified atom stereocenters. The molecule has 0 saturated carbocycles. The summed E-state index contributed by atoms with van der Waals surface area (Å²) < 4.78 is 7.61. The number of benzene rings is 1. The van der Waals surface area contributed by atoms with E-state index >= 15 is 0 Å². The van der Waals surface area contributed by atoms with Crippen LogP contribution in [-0.2, 0) is 0 Å². The molecule has 2 aliphatic heterocycles. The number of rotatable bonds is 3. The second kappa shape index (κ2) is 6.26. The number of ether oxygens (including phenoxy) is 1. The highest BCUT2D eigenvalue weighted by Gasteiger charge is 2.38. The number of halogens is 2. The van der Waals surface area contributed by atoms with Gasteiger partial charge in [-0.2, -0.15) is 5.10 Å². The van der Waals surface area contributed by atoms with Gasteiger partial charge in [-0.25, -0.2) is 0 Å². The highest BCUT2D eigenvalue weighted by Crippen LogP contribution is 2.41. The standard InChI is InChI=1S/C15H19Br2N3O/c1-3-20-5-4-13-11(8-20)14(19-18-13)10-6-9(16)7-12(17)15(10)21-2/h6-7,11,14,19H,3-5,8H2,1-2H3. The lowest BCUT2D eigenvalue weighted by Gasteiger charge is -2.33. The topological polar surface area (TPSA) is 36.9 Å². The van der Waals surface area contributed by atoms with Gasteiger partial charge in [0.1, 0.15) is 5.75 Å². The van der Waals surface area contributed by atoms with E-state index in [1.165, 1.54) is 5.71 Å². The first-order valence-corrected chi connectivity index (χ1v) is 8.80. The van der Waals surface area contributed by atoms with Crippen LogP contribution < -0.4 is 10.2 Å². The molecule has 0 aliphatic carbocycles. The first-order chi connectivity index (χ1) is 10.1. The maximum atomic E-state index is 5.60. The van der Waals surface area contributed by atoms with E-state index in [1.807, 2.05) is 6.07 Å². The Bertz CT molecular complexity index is 576. The molecule has 114 valence electrons. The number of hydrogen-bond acceptors (Lipinski definition) is 4. The molecule has 1 saturated heterocycles. The molecule has 3 rings (SSSR count). The third-order valence-electron chi connectivity index (χ3n) is 4.34. The molecule has 2 atom stereocenters. The molecule has 21 heavy (non-hydrogen) atoms. The van der Waals surface area contributed by atoms with Crippen molar-refractivity contribution in [3.8, 4) is 5.75 Å². The fraction of sp³-hybridized carbons (Fsp3) is 0.533. The van der Waals surface area contributed by atoms with E-state index < -0.39 is 0 Å². The molecule has 1 aromatic rings. The molecule has 0 spiro atoms. The molecule has 2 heterocycles. The van der Waals surface area contributed by atoms with Gasteiger partial charge >= 0.3 is 0 Å². The van der Waals surface area contributed by atoms with Gasteiger partial charge in [-0.15, -0.1) is 0 Å². The van der Waals surface area contributed by atoms with E-state index in [2.05, 4.69) is 60.3 Å². The number of piperidine rings is 1. The fourth-order valence-corrected chi connectivity index (χ4v) is 4.63. The van der Waals surface area contributed by atoms with Gasteiger partial charge in [0.25, 0.3) is 0 Å². The van der Waals surface area contributed by atoms with Crippen molar-refractivity contribution in [3.63, 3.8) is 0 Å². The fourth-order valence-electron chi connectivity index (χ4n) is 3.21. The molecule has 1 N–H and O–H groups in total. The third kappa shape index (κ3) is 2.85. The van der Waals surface area contributed by atoms with E-state index in [1.54, 1.807) is 7.11 Å². The van der Waals surface area contributed by atoms with E-state index in [0.29, 0.717) is 5.92 Å². The Balaban J connectivity index is 1.94. The smallest absolute Gasteiger partial charge is 0.138 e. The van der Waals surface area contributed by atoms with Gasteiger partial charge in [0.2, 0.25) is 0 Å². The number of fused-ring (bicyclic) bond motifs is 1. The molecular formula is C15H19Br2N3O. The van der Waals surface area contributed by atoms with E-state index in [0.717, 1.165) is 46.3 Å². The van der Waals surface area contributed by atoms with Gasteiger partial charge in [-0.05, 0) is 34.6 Å². The summed E-state index contributed by atoms with van der Waals surface area (Å²) in [5.74, 6) is 1.31. The van der Waals surface area contributed by atoms with Crippen LogP contribution in [0.15, 0.2) is 26.2 Å². The number of methoxy groups -OCH3 is 1. The highest BCUT2D eigenvalue weighted by molar-refractivity contribution is 9.11. The van der Waals surface area contributed by atoms with Crippen LogP contribution >= 0.6 is 31.9 Å². The van der Waals surface area contributed by atoms with Crippen LogP contribution in [0.3, 0.4) is 0 Å². The molecule has 2 aliphatic rings. The van der Waals surface area contributed by atoms with E-state index in [9.17, 15) is 0 Å². The minimum Gasteiger partial charge on any atom is -0.495 e. The molecule has 6 heteroatoms. The summed E-state index contributed by atoms with van der Waals surface area (Å²) in [6, 6.07) is 4.32. The zero-order valence-electron chi connectivity index (χ0n) is 12.2. The van der Waals surface area contributed by atoms with Gasteiger partial charge in [-0.3, -0.25) is 0 Å². The second-order valence-electron chi connectivity index (χ2n) is 5.47. The lowest BCUT2D eigenvalue weighted by molar-refractivity contribution is 0.237. The summed E-state index contributed by atoms with van der Waals surface area (Å²) >= 11 is 7.16. The normalized spacial score (nSPS) is 25.2. The summed E-state index contributed by atoms with van der Waals surface area (Å²) in [6.07, 6.45) is 1.06. The molecule has 1 aromatic carbocycles. The molecule has 0 amide bonds. The minimum atomic E-state index is 0.179. The Morgan fingerprint density at radius 3 is 2.95 bits per heavy atom. The van der Waals surface area contributed by atoms with Crippen molar-refractivity contribution < 1.29 is 4.74 Å². The zero-order chi connectivity index (χ0) is 15.0. The first-order valence-electron chi connectivity index (χ1n) is 7.21. The van der Waals surface area contributed by atoms with Crippen molar-refractivity contribution >= 4 is 37.6 Å². The lowest BCUT2D eigenvalue weighted by atomic mass is 9.86. The van der Waals surface area contributed by atoms with Crippen LogP contribution in [0, 0.1) is 5.92 Å². The Morgan fingerprint density at radius 1 is 1.43 bits per heavy atom. The molecule has 0 aromatic heterocycles. The number of hydrazone groups is 1. The van der Waals surface area contributed by atoms with Gasteiger partial charge in [-0.1, -0.05) is 22.9 Å². The van der Waals surface area contributed by atoms with Gasteiger partial charge < -0.3 is 15.1 Å². The van der Waals surface area contributed by atoms with Crippen LogP contribution in [0.5, 0.6) is 5.75 Å². The molecule has 4 nitrogen and oxygen atoms in total. The van der Waals surface area contributed by atoms with Crippen molar-refractivity contribution in [2.75, 3.05) is 26.7 Å². The first kappa shape index (κ1) is 15.3. The summed E-state index contributed by atoms with van der Waals surface area (Å²) in [4.78, 5) is 2.49. The summed E-state index contributed by atoms with van der Waals surface area (Å²) in [7, 11) is 1.72. The highest BCUT2D eigenvalue weighted by atomic mass is 79.9. The number of nitrogens with one attached hydrogen (secondary N) is 1. The predicted octanol–water partition coefficient (Wildman–Crippen LogP) is 3.56. The van der Waals surface area contributed by atoms with Gasteiger partial charge in [0.15, 0.2) is 0 Å². The van der Waals surface area contributed by atoms with Crippen molar-refractivity contribution in [1.29, 1.82) is 0 Å². The Hall–Kier alpha value is -0.590. The van der Waals surface area contributed by atoms with Crippen LogP contribution in [0.2, 0.25) is 0 Å². The molecule has 0 bridgehead atoms. The quantitative estimate of drug-likeness (QED) is 0.818. The summed E-state index contributed by atoms with van der Waals surface area (Å²) in [5.41, 5.74) is 5.78. The monoisotopic (exact) mass is 415 g/mol. The molecular weight excluding hydrogens is 398 g/mol. The minimum absolute atomic E-state index is 0.179. The largest absolute Gasteiger partial charge is 0.495 e. The molecule has 1 fully saturated rings. The maximum absolute atomic E-state index is 5.60. The summed E-state index contributed by atoms with van der Waals surface area (Å²) in [5, 5.41) is 4.57. The van der Waals surface area contributed by atoms with Crippen molar-refractivity contribution in [2.24, 2.45) is 11.0 Å². The summed E-state index contributed by atoms with van der Waals surface area (Å²) in [6.45, 7) is 5.48.